The van der Waals surface area contributed by atoms with E-state index in [4.69, 9.17) is 0 Å². The van der Waals surface area contributed by atoms with Crippen molar-refractivity contribution in [3.8, 4) is 0 Å². The summed E-state index contributed by atoms with van der Waals surface area (Å²) in [5, 5.41) is 1.64. The molecule has 0 spiro atoms. The number of unbranched alkanes of at least 4 members (excludes halogenated alkanes) is 2. The Morgan fingerprint density at radius 3 is 2.00 bits per heavy atom. The highest BCUT2D eigenvalue weighted by molar-refractivity contribution is 6.88. The molecule has 2 nitrogen and oxygen atoms in total. The maximum atomic E-state index is 2.93. The summed E-state index contributed by atoms with van der Waals surface area (Å²) in [7, 11) is 4.00. The van der Waals surface area contributed by atoms with Crippen LogP contribution in [0.5, 0.6) is 0 Å². The highest BCUT2D eigenvalue weighted by Gasteiger charge is 2.56. The predicted octanol–water partition coefficient (Wildman–Crippen LogP) is 9.51. The summed E-state index contributed by atoms with van der Waals surface area (Å²) < 4.78 is 3.85. The van der Waals surface area contributed by atoms with Crippen molar-refractivity contribution < 1.29 is 4.59 Å². The van der Waals surface area contributed by atoms with Crippen LogP contribution in [-0.2, 0) is 5.41 Å². The molecule has 0 radical (unpaired) electrons. The molecule has 0 amide bonds. The molecule has 40 heavy (non-hydrogen) atoms. The maximum absolute atomic E-state index is 2.93. The largest absolute Gasteiger partial charge is 0.257 e. The quantitative estimate of drug-likeness (QED) is 0.152. The highest BCUT2D eigenvalue weighted by atomic mass is 28.3. The van der Waals surface area contributed by atoms with Crippen LogP contribution < -0.4 is 5.19 Å². The van der Waals surface area contributed by atoms with Crippen molar-refractivity contribution in [1.29, 1.82) is 0 Å². The summed E-state index contributed by atoms with van der Waals surface area (Å²) in [5.41, 5.74) is 7.79. The molecule has 3 atom stereocenters. The molecule has 0 heterocycles. The first kappa shape index (κ1) is 32.0. The van der Waals surface area contributed by atoms with E-state index in [0.29, 0.717) is 11.8 Å². The molecule has 0 aliphatic heterocycles. The first-order valence-electron chi connectivity index (χ1n) is 16.6. The Hall–Kier alpha value is -0.946. The normalized spacial score (nSPS) is 24.5. The van der Waals surface area contributed by atoms with Gasteiger partial charge >= 0.3 is 0 Å². The smallest absolute Gasteiger partial charge is 0.191 e. The first-order chi connectivity index (χ1) is 18.4. The summed E-state index contributed by atoms with van der Waals surface area (Å²) in [4.78, 5) is 0. The van der Waals surface area contributed by atoms with Gasteiger partial charge in [0.25, 0.3) is 0 Å². The fourth-order valence-corrected chi connectivity index (χ4v) is 16.6. The minimum atomic E-state index is -1.80. The maximum Gasteiger partial charge on any atom is 0.191 e. The molecule has 3 aliphatic carbocycles. The zero-order valence-electron chi connectivity index (χ0n) is 28.7. The van der Waals surface area contributed by atoms with Crippen LogP contribution >= 0.6 is 0 Å². The molecule has 0 aromatic heterocycles. The van der Waals surface area contributed by atoms with Gasteiger partial charge in [-0.25, -0.2) is 0 Å². The third-order valence-electron chi connectivity index (χ3n) is 10.6. The van der Waals surface area contributed by atoms with Gasteiger partial charge in [-0.3, -0.25) is 4.59 Å². The van der Waals surface area contributed by atoms with E-state index in [0.717, 1.165) is 10.1 Å². The van der Waals surface area contributed by atoms with Crippen LogP contribution in [0.1, 0.15) is 97.1 Å². The zero-order chi connectivity index (χ0) is 29.9. The van der Waals surface area contributed by atoms with E-state index in [1.165, 1.54) is 51.4 Å². The first-order valence-corrected chi connectivity index (χ1v) is 23.1. The Kier molecular flexibility index (Phi) is 8.76. The molecule has 0 saturated heterocycles. The summed E-state index contributed by atoms with van der Waals surface area (Å²) in [5.74, 6) is 1.38. The molecular weight excluding hydrogens is 517 g/mol. The van der Waals surface area contributed by atoms with E-state index < -0.39 is 16.3 Å². The topological polar surface area (TPSA) is 3.24 Å². The monoisotopic (exact) mass is 579 g/mol. The van der Waals surface area contributed by atoms with Crippen molar-refractivity contribution in [2.24, 2.45) is 11.8 Å². The Balaban J connectivity index is 1.88. The van der Waals surface area contributed by atoms with Crippen LogP contribution in [0.4, 0.5) is 0 Å². The second-order valence-electron chi connectivity index (χ2n) is 17.0. The lowest BCUT2D eigenvalue weighted by Gasteiger charge is -2.55. The van der Waals surface area contributed by atoms with Crippen LogP contribution in [-0.4, -0.2) is 52.3 Å². The standard InChI is InChI=1S/C36H63N2Si2/c1-14-16-22-36(23-17-15-2)32-25-28(39(9,10)11)19-20-29(32)31-24-27-18-21-34(30(27)26-33(31)36)40(12,13)37(35(3,4)5)38(6,7)8/h19-20,24-27,30,34H,14-18,21-23H2,1-13H3/q+1. The van der Waals surface area contributed by atoms with Crippen molar-refractivity contribution in [1.82, 2.24) is 4.67 Å². The van der Waals surface area contributed by atoms with E-state index in [1.807, 2.05) is 0 Å². The number of fused-ring (bicyclic) bond motifs is 4. The highest BCUT2D eigenvalue weighted by Crippen LogP contribution is 2.61. The van der Waals surface area contributed by atoms with Gasteiger partial charge in [-0.15, -0.1) is 0 Å². The molecule has 1 aromatic rings. The SMILES string of the molecule is CCCCC1(CCCC)C2=CC3C(C=C2c2ccc([Si](C)(C)C)cc21)CCC3[Si](C)(C)N(C(C)(C)C)[N+](C)(C)C. The van der Waals surface area contributed by atoms with Crippen LogP contribution in [0, 0.1) is 11.8 Å². The average Bonchev–Trinajstić information content (AvgIpc) is 3.35. The third kappa shape index (κ3) is 5.56. The van der Waals surface area contributed by atoms with Crippen LogP contribution in [0.15, 0.2) is 35.9 Å². The molecule has 1 aromatic carbocycles. The molecule has 1 fully saturated rings. The number of rotatable bonds is 10. The van der Waals surface area contributed by atoms with Gasteiger partial charge in [-0.05, 0) is 79.7 Å². The van der Waals surface area contributed by atoms with Gasteiger partial charge in [0.05, 0.1) is 34.8 Å². The Morgan fingerprint density at radius 2 is 1.50 bits per heavy atom. The molecule has 0 N–H and O–H groups in total. The molecule has 0 bridgehead atoms. The Morgan fingerprint density at radius 1 is 0.900 bits per heavy atom. The summed E-state index contributed by atoms with van der Waals surface area (Å²) >= 11 is 0. The van der Waals surface area contributed by atoms with Crippen LogP contribution in [0.3, 0.4) is 0 Å². The van der Waals surface area contributed by atoms with Crippen LogP contribution in [0.2, 0.25) is 38.3 Å². The minimum absolute atomic E-state index is 0.151. The van der Waals surface area contributed by atoms with Gasteiger partial charge in [0.15, 0.2) is 8.24 Å². The van der Waals surface area contributed by atoms with Crippen molar-refractivity contribution in [3.63, 3.8) is 0 Å². The number of allylic oxidation sites excluding steroid dienone is 4. The van der Waals surface area contributed by atoms with Gasteiger partial charge in [-0.2, -0.15) is 4.67 Å². The lowest BCUT2D eigenvalue weighted by atomic mass is 9.68. The van der Waals surface area contributed by atoms with Gasteiger partial charge in [0.2, 0.25) is 0 Å². The van der Waals surface area contributed by atoms with E-state index >= 15 is 0 Å². The fourth-order valence-electron chi connectivity index (χ4n) is 9.65. The van der Waals surface area contributed by atoms with Crippen molar-refractivity contribution >= 4 is 27.1 Å². The second-order valence-corrected chi connectivity index (χ2v) is 26.5. The van der Waals surface area contributed by atoms with Crippen molar-refractivity contribution in [2.45, 2.75) is 135 Å². The average molecular weight is 580 g/mol. The molecular formula is C36H63N2Si2+. The Bertz CT molecular complexity index is 1120. The van der Waals surface area contributed by atoms with Gasteiger partial charge < -0.3 is 0 Å². The second kappa shape index (κ2) is 11.0. The fraction of sp³-hybridized carbons (Fsp3) is 0.722. The minimum Gasteiger partial charge on any atom is -0.257 e. The lowest BCUT2D eigenvalue weighted by Crippen LogP contribution is -2.71. The summed E-state index contributed by atoms with van der Waals surface area (Å²) in [6.45, 7) is 25.0. The molecule has 224 valence electrons. The van der Waals surface area contributed by atoms with Gasteiger partial charge in [0, 0.05) is 5.41 Å². The van der Waals surface area contributed by atoms with E-state index in [2.05, 4.69) is 124 Å². The van der Waals surface area contributed by atoms with Crippen molar-refractivity contribution in [2.75, 3.05) is 21.1 Å². The number of hydrogen-bond donors (Lipinski definition) is 0. The third-order valence-corrected chi connectivity index (χ3v) is 17.5. The molecule has 3 unspecified atom stereocenters. The van der Waals surface area contributed by atoms with Crippen molar-refractivity contribution in [3.05, 3.63) is 47.1 Å². The Labute approximate surface area is 251 Å². The molecule has 1 saturated carbocycles. The lowest BCUT2D eigenvalue weighted by molar-refractivity contribution is -0.978. The molecule has 4 rings (SSSR count). The summed E-state index contributed by atoms with van der Waals surface area (Å²) in [6.07, 6.45) is 16.3. The zero-order valence-corrected chi connectivity index (χ0v) is 30.7. The summed E-state index contributed by atoms with van der Waals surface area (Å²) in [6, 6.07) is 7.75. The predicted molar refractivity (Wildman–Crippen MR) is 183 cm³/mol. The van der Waals surface area contributed by atoms with Crippen LogP contribution in [0.25, 0.3) is 5.57 Å². The van der Waals surface area contributed by atoms with E-state index in [1.54, 1.807) is 27.5 Å². The molecule has 4 heteroatoms. The number of hydrogen-bond acceptors (Lipinski definition) is 1. The van der Waals surface area contributed by atoms with Gasteiger partial charge in [0.1, 0.15) is 0 Å². The van der Waals surface area contributed by atoms with E-state index in [9.17, 15) is 0 Å². The van der Waals surface area contributed by atoms with E-state index in [-0.39, 0.29) is 11.0 Å². The number of nitrogens with zero attached hydrogens (tertiary/aromatic N) is 2. The number of quaternary nitrogens is 1. The number of benzene rings is 1. The molecule has 3 aliphatic rings. The van der Waals surface area contributed by atoms with Gasteiger partial charge in [-0.1, -0.05) is 114 Å².